The van der Waals surface area contributed by atoms with E-state index in [9.17, 15) is 13.2 Å². The van der Waals surface area contributed by atoms with E-state index in [0.717, 1.165) is 11.1 Å². The number of benzene rings is 2. The van der Waals surface area contributed by atoms with Gasteiger partial charge >= 0.3 is 0 Å². The van der Waals surface area contributed by atoms with Crippen molar-refractivity contribution in [2.45, 2.75) is 19.9 Å². The molecule has 3 rings (SSSR count). The number of hydrogen-bond donors (Lipinski definition) is 0. The molecule has 1 aliphatic rings. The van der Waals surface area contributed by atoms with E-state index < -0.39 is 15.9 Å². The molecule has 26 heavy (non-hydrogen) atoms. The van der Waals surface area contributed by atoms with Gasteiger partial charge in [-0.1, -0.05) is 17.2 Å². The third-order valence-corrected chi connectivity index (χ3v) is 5.66. The predicted octanol–water partition coefficient (Wildman–Crippen LogP) is 3.27. The third kappa shape index (κ3) is 3.80. The van der Waals surface area contributed by atoms with Crippen molar-refractivity contribution >= 4 is 21.4 Å². The van der Waals surface area contributed by atoms with Crippen molar-refractivity contribution in [3.8, 4) is 5.75 Å². The number of amides is 1. The zero-order valence-corrected chi connectivity index (χ0v) is 15.8. The molecule has 136 valence electrons. The average molecular weight is 371 g/mol. The van der Waals surface area contributed by atoms with Gasteiger partial charge in [-0.3, -0.25) is 4.79 Å². The van der Waals surface area contributed by atoms with Crippen LogP contribution in [0.3, 0.4) is 0 Å². The first-order valence-corrected chi connectivity index (χ1v) is 9.97. The first-order chi connectivity index (χ1) is 12.3. The lowest BCUT2D eigenvalue weighted by Crippen LogP contribution is -2.41. The second-order valence-corrected chi connectivity index (χ2v) is 8.41. The van der Waals surface area contributed by atoms with Crippen LogP contribution in [-0.4, -0.2) is 33.2 Å². The minimum atomic E-state index is -3.29. The molecule has 6 heteroatoms. The highest BCUT2D eigenvalue weighted by Gasteiger charge is 2.32. The van der Waals surface area contributed by atoms with Gasteiger partial charge in [-0.2, -0.15) is 0 Å². The zero-order valence-electron chi connectivity index (χ0n) is 15.0. The number of anilines is 1. The number of aryl methyl sites for hydroxylation is 2. The van der Waals surface area contributed by atoms with E-state index in [1.54, 1.807) is 37.5 Å². The summed E-state index contributed by atoms with van der Waals surface area (Å²) in [6.07, 6.45) is 1.57. The molecule has 5 nitrogen and oxygen atoms in total. The van der Waals surface area contributed by atoms with Gasteiger partial charge in [-0.05, 0) is 56.3 Å². The number of ether oxygens (including phenoxy) is 1. The van der Waals surface area contributed by atoms with Crippen LogP contribution in [-0.2, 0) is 9.84 Å². The lowest BCUT2D eigenvalue weighted by atomic mass is 10.0. The summed E-state index contributed by atoms with van der Waals surface area (Å²) < 4.78 is 29.0. The fraction of sp³-hybridized carbons (Fsp3) is 0.250. The molecule has 0 aliphatic carbocycles. The number of carbonyl (C=O) groups excluding carboxylic acids is 1. The van der Waals surface area contributed by atoms with Crippen molar-refractivity contribution in [2.24, 2.45) is 0 Å². The molecule has 0 saturated carbocycles. The van der Waals surface area contributed by atoms with Gasteiger partial charge in [0, 0.05) is 16.7 Å². The SMILES string of the molecule is COc1ccc(N(C(=O)c2cc(C)cc(C)c2)[C@H]2C=CS(=O)(=O)C2)cc1. The van der Waals surface area contributed by atoms with E-state index in [4.69, 9.17) is 4.74 Å². The molecule has 1 amide bonds. The minimum absolute atomic E-state index is 0.116. The normalized spacial score (nSPS) is 17.9. The van der Waals surface area contributed by atoms with E-state index >= 15 is 0 Å². The lowest BCUT2D eigenvalue weighted by Gasteiger charge is -2.28. The Morgan fingerprint density at radius 1 is 1.08 bits per heavy atom. The topological polar surface area (TPSA) is 63.7 Å². The maximum atomic E-state index is 13.3. The molecule has 2 aromatic carbocycles. The molecule has 0 fully saturated rings. The summed E-state index contributed by atoms with van der Waals surface area (Å²) in [6.45, 7) is 3.86. The van der Waals surface area contributed by atoms with Crippen molar-refractivity contribution in [3.63, 3.8) is 0 Å². The van der Waals surface area contributed by atoms with Gasteiger partial charge in [-0.15, -0.1) is 0 Å². The highest BCUT2D eigenvalue weighted by molar-refractivity contribution is 7.94. The van der Waals surface area contributed by atoms with Gasteiger partial charge in [-0.25, -0.2) is 8.42 Å². The fourth-order valence-electron chi connectivity index (χ4n) is 3.16. The number of carbonyl (C=O) groups is 1. The van der Waals surface area contributed by atoms with Crippen LogP contribution in [0.2, 0.25) is 0 Å². The molecule has 1 heterocycles. The van der Waals surface area contributed by atoms with E-state index in [0.29, 0.717) is 17.0 Å². The molecular weight excluding hydrogens is 350 g/mol. The van der Waals surface area contributed by atoms with Crippen molar-refractivity contribution in [2.75, 3.05) is 17.8 Å². The molecule has 2 aromatic rings. The van der Waals surface area contributed by atoms with Gasteiger partial charge in [0.15, 0.2) is 9.84 Å². The fourth-order valence-corrected chi connectivity index (χ4v) is 4.43. The quantitative estimate of drug-likeness (QED) is 0.827. The molecule has 1 atom stereocenters. The molecule has 0 spiro atoms. The highest BCUT2D eigenvalue weighted by Crippen LogP contribution is 2.27. The van der Waals surface area contributed by atoms with E-state index in [1.165, 1.54) is 10.3 Å². The van der Waals surface area contributed by atoms with Crippen LogP contribution in [0.5, 0.6) is 5.75 Å². The first kappa shape index (κ1) is 18.2. The summed E-state index contributed by atoms with van der Waals surface area (Å²) in [5.74, 6) is 0.325. The van der Waals surface area contributed by atoms with Crippen LogP contribution >= 0.6 is 0 Å². The Bertz CT molecular complexity index is 942. The number of sulfone groups is 1. The Balaban J connectivity index is 2.04. The van der Waals surface area contributed by atoms with E-state index in [2.05, 4.69) is 0 Å². The highest BCUT2D eigenvalue weighted by atomic mass is 32.2. The van der Waals surface area contributed by atoms with Crippen LogP contribution in [0.1, 0.15) is 21.5 Å². The summed E-state index contributed by atoms with van der Waals surface area (Å²) in [4.78, 5) is 14.8. The minimum Gasteiger partial charge on any atom is -0.497 e. The molecule has 0 N–H and O–H groups in total. The Morgan fingerprint density at radius 2 is 1.69 bits per heavy atom. The van der Waals surface area contributed by atoms with Crippen molar-refractivity contribution in [3.05, 3.63) is 70.6 Å². The zero-order chi connectivity index (χ0) is 18.9. The maximum Gasteiger partial charge on any atom is 0.258 e. The summed E-state index contributed by atoms with van der Waals surface area (Å²) in [5.41, 5.74) is 3.13. The molecule has 0 saturated heterocycles. The standard InChI is InChI=1S/C20H21NO4S/c1-14-10-15(2)12-16(11-14)20(22)21(18-8-9-26(23,24)13-18)17-4-6-19(25-3)7-5-17/h4-12,18H,13H2,1-3H3/t18-/m0/s1. The van der Waals surface area contributed by atoms with Crippen LogP contribution in [0.15, 0.2) is 53.9 Å². The average Bonchev–Trinajstić information content (AvgIpc) is 2.94. The number of nitrogens with zero attached hydrogens (tertiary/aromatic N) is 1. The number of methoxy groups -OCH3 is 1. The van der Waals surface area contributed by atoms with Gasteiger partial charge in [0.2, 0.25) is 0 Å². The van der Waals surface area contributed by atoms with Gasteiger partial charge in [0.25, 0.3) is 5.91 Å². The summed E-state index contributed by atoms with van der Waals surface area (Å²) in [6, 6.07) is 12.1. The number of hydrogen-bond acceptors (Lipinski definition) is 4. The monoisotopic (exact) mass is 371 g/mol. The van der Waals surface area contributed by atoms with Gasteiger partial charge < -0.3 is 9.64 Å². The smallest absolute Gasteiger partial charge is 0.258 e. The molecular formula is C20H21NO4S. The van der Waals surface area contributed by atoms with E-state index in [-0.39, 0.29) is 11.7 Å². The van der Waals surface area contributed by atoms with E-state index in [1.807, 2.05) is 32.0 Å². The third-order valence-electron chi connectivity index (χ3n) is 4.28. The van der Waals surface area contributed by atoms with Gasteiger partial charge in [0.05, 0.1) is 18.9 Å². The molecule has 1 aliphatic heterocycles. The first-order valence-electron chi connectivity index (χ1n) is 8.26. The Morgan fingerprint density at radius 3 is 2.19 bits per heavy atom. The summed E-state index contributed by atoms with van der Waals surface area (Å²) >= 11 is 0. The second kappa shape index (κ2) is 6.96. The van der Waals surface area contributed by atoms with Crippen LogP contribution in [0, 0.1) is 13.8 Å². The Kier molecular flexibility index (Phi) is 4.87. The molecule has 0 unspecified atom stereocenters. The number of rotatable bonds is 4. The van der Waals surface area contributed by atoms with Crippen molar-refractivity contribution < 1.29 is 17.9 Å². The summed E-state index contributed by atoms with van der Waals surface area (Å²) in [5, 5.41) is 1.18. The van der Waals surface area contributed by atoms with Crippen LogP contribution in [0.25, 0.3) is 0 Å². The Labute approximate surface area is 153 Å². The van der Waals surface area contributed by atoms with Crippen molar-refractivity contribution in [1.82, 2.24) is 0 Å². The van der Waals surface area contributed by atoms with Crippen molar-refractivity contribution in [1.29, 1.82) is 0 Å². The largest absolute Gasteiger partial charge is 0.497 e. The maximum absolute atomic E-state index is 13.3. The predicted molar refractivity (Wildman–Crippen MR) is 102 cm³/mol. The second-order valence-electron chi connectivity index (χ2n) is 6.47. The van der Waals surface area contributed by atoms with Crippen LogP contribution in [0.4, 0.5) is 5.69 Å². The van der Waals surface area contributed by atoms with Crippen LogP contribution < -0.4 is 9.64 Å². The molecule has 0 bridgehead atoms. The summed E-state index contributed by atoms with van der Waals surface area (Å²) in [7, 11) is -1.72. The lowest BCUT2D eigenvalue weighted by molar-refractivity contribution is 0.0983. The molecule has 0 radical (unpaired) electrons. The molecule has 0 aromatic heterocycles. The Hall–Kier alpha value is -2.60. The van der Waals surface area contributed by atoms with Gasteiger partial charge in [0.1, 0.15) is 5.75 Å².